The number of ether oxygens (including phenoxy) is 1. The molecule has 0 radical (unpaired) electrons. The van der Waals surface area contributed by atoms with Crippen LogP contribution in [0.2, 0.25) is 0 Å². The van der Waals surface area contributed by atoms with E-state index in [2.05, 4.69) is 60.6 Å². The van der Waals surface area contributed by atoms with Gasteiger partial charge in [0.25, 0.3) is 0 Å². The van der Waals surface area contributed by atoms with E-state index in [0.29, 0.717) is 0 Å². The molecule has 0 saturated carbocycles. The van der Waals surface area contributed by atoms with Crippen LogP contribution in [0.3, 0.4) is 0 Å². The highest BCUT2D eigenvalue weighted by atomic mass is 16.5. The van der Waals surface area contributed by atoms with E-state index in [1.54, 1.807) is 7.11 Å². The molecule has 0 spiro atoms. The van der Waals surface area contributed by atoms with Crippen LogP contribution in [0.1, 0.15) is 58.2 Å². The summed E-state index contributed by atoms with van der Waals surface area (Å²) in [6.45, 7) is 15.6. The highest BCUT2D eigenvalue weighted by molar-refractivity contribution is 5.48. The molecule has 0 aliphatic carbocycles. The maximum atomic E-state index is 5.59. The molecule has 0 atom stereocenters. The lowest BCUT2D eigenvalue weighted by molar-refractivity contribution is 0.394. The van der Waals surface area contributed by atoms with Gasteiger partial charge < -0.3 is 4.74 Å². The average molecular weight is 234 g/mol. The Bertz CT molecular complexity index is 403. The summed E-state index contributed by atoms with van der Waals surface area (Å²) >= 11 is 0. The van der Waals surface area contributed by atoms with Crippen molar-refractivity contribution in [3.8, 4) is 5.75 Å². The largest absolute Gasteiger partial charge is 0.496 e. The van der Waals surface area contributed by atoms with Crippen LogP contribution in [0.4, 0.5) is 0 Å². The van der Waals surface area contributed by atoms with Gasteiger partial charge in [-0.1, -0.05) is 47.6 Å². The molecule has 17 heavy (non-hydrogen) atoms. The molecule has 0 aromatic heterocycles. The van der Waals surface area contributed by atoms with Gasteiger partial charge in [-0.05, 0) is 34.9 Å². The molecule has 1 aromatic rings. The molecule has 1 nitrogen and oxygen atoms in total. The monoisotopic (exact) mass is 234 g/mol. The number of benzene rings is 1. The van der Waals surface area contributed by atoms with E-state index in [4.69, 9.17) is 4.74 Å². The van der Waals surface area contributed by atoms with E-state index in [1.807, 2.05) is 0 Å². The molecule has 0 saturated heterocycles. The first kappa shape index (κ1) is 14.1. The summed E-state index contributed by atoms with van der Waals surface area (Å²) < 4.78 is 5.59. The van der Waals surface area contributed by atoms with Gasteiger partial charge in [-0.2, -0.15) is 0 Å². The molecule has 0 unspecified atom stereocenters. The van der Waals surface area contributed by atoms with Crippen LogP contribution in [-0.2, 0) is 10.8 Å². The molecule has 1 heteroatoms. The molecular weight excluding hydrogens is 208 g/mol. The topological polar surface area (TPSA) is 9.23 Å². The highest BCUT2D eigenvalue weighted by Gasteiger charge is 2.24. The van der Waals surface area contributed by atoms with Crippen LogP contribution in [0.15, 0.2) is 12.1 Å². The van der Waals surface area contributed by atoms with Crippen molar-refractivity contribution in [2.24, 2.45) is 0 Å². The van der Waals surface area contributed by atoms with E-state index in [9.17, 15) is 0 Å². The van der Waals surface area contributed by atoms with Gasteiger partial charge in [-0.25, -0.2) is 0 Å². The van der Waals surface area contributed by atoms with Gasteiger partial charge in [-0.15, -0.1) is 0 Å². The number of hydrogen-bond donors (Lipinski definition) is 0. The van der Waals surface area contributed by atoms with Crippen LogP contribution < -0.4 is 4.74 Å². The predicted octanol–water partition coefficient (Wildman–Crippen LogP) is 4.60. The summed E-state index contributed by atoms with van der Waals surface area (Å²) in [7, 11) is 1.76. The second kappa shape index (κ2) is 4.36. The molecule has 0 N–H and O–H groups in total. The number of rotatable bonds is 1. The quantitative estimate of drug-likeness (QED) is 0.690. The Labute approximate surface area is 106 Å². The fraction of sp³-hybridized carbons (Fsp3) is 0.625. The standard InChI is InChI=1S/C16H26O/c1-11-9-12(15(2,3)4)10-13(17-8)14(11)16(5,6)7/h9-10H,1-8H3. The van der Waals surface area contributed by atoms with E-state index in [-0.39, 0.29) is 10.8 Å². The summed E-state index contributed by atoms with van der Waals surface area (Å²) in [6, 6.07) is 4.48. The Kier molecular flexibility index (Phi) is 3.61. The molecular formula is C16H26O. The molecule has 0 aliphatic rings. The first-order valence-electron chi connectivity index (χ1n) is 6.27. The molecule has 0 heterocycles. The number of hydrogen-bond acceptors (Lipinski definition) is 1. The van der Waals surface area contributed by atoms with Gasteiger partial charge >= 0.3 is 0 Å². The predicted molar refractivity (Wildman–Crippen MR) is 75.1 cm³/mol. The summed E-state index contributed by atoms with van der Waals surface area (Å²) in [5, 5.41) is 0. The first-order valence-corrected chi connectivity index (χ1v) is 6.27. The van der Waals surface area contributed by atoms with Crippen molar-refractivity contribution >= 4 is 0 Å². The third-order valence-electron chi connectivity index (χ3n) is 3.14. The minimum absolute atomic E-state index is 0.117. The van der Waals surface area contributed by atoms with E-state index >= 15 is 0 Å². The van der Waals surface area contributed by atoms with Crippen molar-refractivity contribution in [2.45, 2.75) is 59.3 Å². The summed E-state index contributed by atoms with van der Waals surface area (Å²) in [6.07, 6.45) is 0. The smallest absolute Gasteiger partial charge is 0.123 e. The zero-order chi connectivity index (χ0) is 13.4. The summed E-state index contributed by atoms with van der Waals surface area (Å²) in [5.41, 5.74) is 4.25. The molecule has 0 aliphatic heterocycles. The lowest BCUT2D eigenvalue weighted by Crippen LogP contribution is -2.18. The normalized spacial score (nSPS) is 12.7. The van der Waals surface area contributed by atoms with Gasteiger partial charge in [0.2, 0.25) is 0 Å². The molecule has 0 fully saturated rings. The molecule has 96 valence electrons. The second-order valence-corrected chi connectivity index (χ2v) is 6.87. The molecule has 0 amide bonds. The van der Waals surface area contributed by atoms with Gasteiger partial charge in [0, 0.05) is 5.56 Å². The Morgan fingerprint density at radius 2 is 1.41 bits per heavy atom. The van der Waals surface area contributed by atoms with Crippen molar-refractivity contribution in [3.05, 3.63) is 28.8 Å². The summed E-state index contributed by atoms with van der Waals surface area (Å²) in [4.78, 5) is 0. The average Bonchev–Trinajstić information content (AvgIpc) is 2.12. The van der Waals surface area contributed by atoms with Crippen molar-refractivity contribution in [1.82, 2.24) is 0 Å². The van der Waals surface area contributed by atoms with Crippen LogP contribution in [0, 0.1) is 6.92 Å². The van der Waals surface area contributed by atoms with Crippen molar-refractivity contribution in [1.29, 1.82) is 0 Å². The number of methoxy groups -OCH3 is 1. The SMILES string of the molecule is COc1cc(C(C)(C)C)cc(C)c1C(C)(C)C. The molecule has 1 rings (SSSR count). The minimum Gasteiger partial charge on any atom is -0.496 e. The lowest BCUT2D eigenvalue weighted by atomic mass is 9.79. The Morgan fingerprint density at radius 1 is 0.882 bits per heavy atom. The maximum absolute atomic E-state index is 5.59. The second-order valence-electron chi connectivity index (χ2n) is 6.87. The van der Waals surface area contributed by atoms with Crippen molar-refractivity contribution < 1.29 is 4.74 Å². The lowest BCUT2D eigenvalue weighted by Gasteiger charge is -2.28. The first-order chi connectivity index (χ1) is 7.57. The van der Waals surface area contributed by atoms with E-state index in [1.165, 1.54) is 16.7 Å². The van der Waals surface area contributed by atoms with Gasteiger partial charge in [0.15, 0.2) is 0 Å². The van der Waals surface area contributed by atoms with Crippen LogP contribution >= 0.6 is 0 Å². The zero-order valence-corrected chi connectivity index (χ0v) is 12.6. The third kappa shape index (κ3) is 3.02. The zero-order valence-electron chi connectivity index (χ0n) is 12.6. The Balaban J connectivity index is 3.47. The van der Waals surface area contributed by atoms with Crippen LogP contribution in [0.5, 0.6) is 5.75 Å². The summed E-state index contributed by atoms with van der Waals surface area (Å²) in [5.74, 6) is 1.02. The fourth-order valence-electron chi connectivity index (χ4n) is 2.31. The number of aryl methyl sites for hydroxylation is 1. The van der Waals surface area contributed by atoms with Crippen LogP contribution in [0.25, 0.3) is 0 Å². The van der Waals surface area contributed by atoms with Crippen molar-refractivity contribution in [3.63, 3.8) is 0 Å². The fourth-order valence-corrected chi connectivity index (χ4v) is 2.31. The highest BCUT2D eigenvalue weighted by Crippen LogP contribution is 2.37. The maximum Gasteiger partial charge on any atom is 0.123 e. The van der Waals surface area contributed by atoms with Gasteiger partial charge in [-0.3, -0.25) is 0 Å². The third-order valence-corrected chi connectivity index (χ3v) is 3.14. The molecule has 1 aromatic carbocycles. The van der Waals surface area contributed by atoms with Crippen molar-refractivity contribution in [2.75, 3.05) is 7.11 Å². The van der Waals surface area contributed by atoms with Crippen LogP contribution in [-0.4, -0.2) is 7.11 Å². The van der Waals surface area contributed by atoms with Gasteiger partial charge in [0.1, 0.15) is 5.75 Å². The Morgan fingerprint density at radius 3 is 1.76 bits per heavy atom. The Hall–Kier alpha value is -0.980. The van der Waals surface area contributed by atoms with Gasteiger partial charge in [0.05, 0.1) is 7.11 Å². The minimum atomic E-state index is 0.117. The molecule has 0 bridgehead atoms. The van der Waals surface area contributed by atoms with E-state index < -0.39 is 0 Å². The van der Waals surface area contributed by atoms with E-state index in [0.717, 1.165) is 5.75 Å².